The summed E-state index contributed by atoms with van der Waals surface area (Å²) in [6.07, 6.45) is 2.39. The van der Waals surface area contributed by atoms with E-state index in [4.69, 9.17) is 0 Å². The van der Waals surface area contributed by atoms with Crippen LogP contribution in [0.2, 0.25) is 0 Å². The van der Waals surface area contributed by atoms with Gasteiger partial charge >= 0.3 is 0 Å². The molecule has 1 unspecified atom stereocenters. The van der Waals surface area contributed by atoms with Crippen LogP contribution < -0.4 is 5.32 Å². The van der Waals surface area contributed by atoms with Gasteiger partial charge in [-0.15, -0.1) is 0 Å². The van der Waals surface area contributed by atoms with Gasteiger partial charge in [0.1, 0.15) is 0 Å². The van der Waals surface area contributed by atoms with E-state index < -0.39 is 0 Å². The minimum absolute atomic E-state index is 0.637. The molecule has 1 aromatic carbocycles. The molecular formula is C16H25N3. The minimum atomic E-state index is 0.637. The van der Waals surface area contributed by atoms with Crippen molar-refractivity contribution in [2.24, 2.45) is 0 Å². The van der Waals surface area contributed by atoms with Crippen molar-refractivity contribution < 1.29 is 0 Å². The second kappa shape index (κ2) is 5.61. The van der Waals surface area contributed by atoms with E-state index in [2.05, 4.69) is 53.5 Å². The SMILES string of the molecule is CN1CCN(C)C(CNC2Cc3ccccc3C2)C1. The summed E-state index contributed by atoms with van der Waals surface area (Å²) in [6, 6.07) is 10.2. The molecule has 104 valence electrons. The van der Waals surface area contributed by atoms with Crippen LogP contribution >= 0.6 is 0 Å². The Morgan fingerprint density at radius 3 is 2.47 bits per heavy atom. The van der Waals surface area contributed by atoms with Gasteiger partial charge in [-0.25, -0.2) is 0 Å². The lowest BCUT2D eigenvalue weighted by atomic mass is 10.1. The number of nitrogens with zero attached hydrogens (tertiary/aromatic N) is 2. The molecule has 0 aromatic heterocycles. The highest BCUT2D eigenvalue weighted by atomic mass is 15.3. The van der Waals surface area contributed by atoms with E-state index in [9.17, 15) is 0 Å². The molecule has 1 aliphatic carbocycles. The summed E-state index contributed by atoms with van der Waals surface area (Å²) >= 11 is 0. The molecule has 1 atom stereocenters. The third-order valence-corrected chi connectivity index (χ3v) is 4.67. The Morgan fingerprint density at radius 1 is 1.11 bits per heavy atom. The van der Waals surface area contributed by atoms with E-state index in [0.29, 0.717) is 12.1 Å². The average Bonchev–Trinajstić information content (AvgIpc) is 2.82. The van der Waals surface area contributed by atoms with Gasteiger partial charge in [-0.1, -0.05) is 24.3 Å². The van der Waals surface area contributed by atoms with Crippen LogP contribution in [0.4, 0.5) is 0 Å². The molecule has 19 heavy (non-hydrogen) atoms. The lowest BCUT2D eigenvalue weighted by Gasteiger charge is -2.38. The molecule has 1 N–H and O–H groups in total. The molecule has 2 aliphatic rings. The summed E-state index contributed by atoms with van der Waals surface area (Å²) in [5, 5.41) is 3.78. The van der Waals surface area contributed by atoms with Crippen LogP contribution in [0, 0.1) is 0 Å². The summed E-state index contributed by atoms with van der Waals surface area (Å²) in [4.78, 5) is 4.94. The van der Waals surface area contributed by atoms with Gasteiger partial charge in [0.05, 0.1) is 0 Å². The van der Waals surface area contributed by atoms with Crippen LogP contribution in [0.25, 0.3) is 0 Å². The molecule has 0 spiro atoms. The molecule has 1 heterocycles. The average molecular weight is 259 g/mol. The maximum absolute atomic E-state index is 3.78. The molecule has 0 bridgehead atoms. The molecule has 0 radical (unpaired) electrons. The highest BCUT2D eigenvalue weighted by Gasteiger charge is 2.25. The normalized spacial score (nSPS) is 25.7. The Kier molecular flexibility index (Phi) is 3.87. The van der Waals surface area contributed by atoms with Gasteiger partial charge in [0, 0.05) is 38.3 Å². The number of likely N-dealkylation sites (N-methyl/N-ethyl adjacent to an activating group) is 2. The van der Waals surface area contributed by atoms with Crippen molar-refractivity contribution >= 4 is 0 Å². The van der Waals surface area contributed by atoms with Crippen molar-refractivity contribution in [3.63, 3.8) is 0 Å². The highest BCUT2D eigenvalue weighted by Crippen LogP contribution is 2.21. The van der Waals surface area contributed by atoms with Crippen molar-refractivity contribution in [2.75, 3.05) is 40.3 Å². The minimum Gasteiger partial charge on any atom is -0.312 e. The maximum Gasteiger partial charge on any atom is 0.0345 e. The quantitative estimate of drug-likeness (QED) is 0.873. The lowest BCUT2D eigenvalue weighted by molar-refractivity contribution is 0.111. The topological polar surface area (TPSA) is 18.5 Å². The zero-order valence-electron chi connectivity index (χ0n) is 12.1. The van der Waals surface area contributed by atoms with Crippen LogP contribution in [-0.4, -0.2) is 62.2 Å². The van der Waals surface area contributed by atoms with Gasteiger partial charge in [-0.05, 0) is 38.1 Å². The van der Waals surface area contributed by atoms with Crippen molar-refractivity contribution in [3.8, 4) is 0 Å². The maximum atomic E-state index is 3.78. The number of fused-ring (bicyclic) bond motifs is 1. The van der Waals surface area contributed by atoms with E-state index >= 15 is 0 Å². The Hall–Kier alpha value is -0.900. The van der Waals surface area contributed by atoms with Crippen LogP contribution in [0.15, 0.2) is 24.3 Å². The molecule has 0 saturated carbocycles. The number of hydrogen-bond donors (Lipinski definition) is 1. The second-order valence-electron chi connectivity index (χ2n) is 6.18. The molecule has 3 nitrogen and oxygen atoms in total. The smallest absolute Gasteiger partial charge is 0.0345 e. The fourth-order valence-corrected chi connectivity index (χ4v) is 3.33. The van der Waals surface area contributed by atoms with Gasteiger partial charge in [-0.2, -0.15) is 0 Å². The monoisotopic (exact) mass is 259 g/mol. The molecule has 3 rings (SSSR count). The van der Waals surface area contributed by atoms with E-state index in [-0.39, 0.29) is 0 Å². The first-order valence-electron chi connectivity index (χ1n) is 7.41. The molecular weight excluding hydrogens is 234 g/mol. The van der Waals surface area contributed by atoms with Crippen molar-refractivity contribution in [1.82, 2.24) is 15.1 Å². The fraction of sp³-hybridized carbons (Fsp3) is 0.625. The number of hydrogen-bond acceptors (Lipinski definition) is 3. The van der Waals surface area contributed by atoms with Gasteiger partial charge in [0.25, 0.3) is 0 Å². The molecule has 1 aromatic rings. The zero-order chi connectivity index (χ0) is 13.2. The van der Waals surface area contributed by atoms with Crippen LogP contribution in [-0.2, 0) is 12.8 Å². The Labute approximate surface area is 116 Å². The summed E-state index contributed by atoms with van der Waals surface area (Å²) in [5.41, 5.74) is 3.07. The van der Waals surface area contributed by atoms with Crippen molar-refractivity contribution in [1.29, 1.82) is 0 Å². The van der Waals surface area contributed by atoms with E-state index in [1.165, 1.54) is 43.6 Å². The molecule has 1 fully saturated rings. The van der Waals surface area contributed by atoms with Gasteiger partial charge in [0.2, 0.25) is 0 Å². The number of piperazine rings is 1. The number of rotatable bonds is 3. The molecule has 1 saturated heterocycles. The zero-order valence-corrected chi connectivity index (χ0v) is 12.1. The fourth-order valence-electron chi connectivity index (χ4n) is 3.33. The van der Waals surface area contributed by atoms with E-state index in [1.807, 2.05) is 0 Å². The van der Waals surface area contributed by atoms with E-state index in [1.54, 1.807) is 0 Å². The van der Waals surface area contributed by atoms with E-state index in [0.717, 1.165) is 6.54 Å². The summed E-state index contributed by atoms with van der Waals surface area (Å²) in [5.74, 6) is 0. The van der Waals surface area contributed by atoms with Gasteiger partial charge in [-0.3, -0.25) is 4.90 Å². The Bertz CT molecular complexity index is 407. The van der Waals surface area contributed by atoms with Crippen molar-refractivity contribution in [2.45, 2.75) is 24.9 Å². The first-order chi connectivity index (χ1) is 9.22. The standard InChI is InChI=1S/C16H25N3/c1-18-7-8-19(2)16(12-18)11-17-15-9-13-5-3-4-6-14(13)10-15/h3-6,15-17H,7-12H2,1-2H3. The lowest BCUT2D eigenvalue weighted by Crippen LogP contribution is -2.54. The highest BCUT2D eigenvalue weighted by molar-refractivity contribution is 5.33. The van der Waals surface area contributed by atoms with Gasteiger partial charge < -0.3 is 10.2 Å². The largest absolute Gasteiger partial charge is 0.312 e. The first kappa shape index (κ1) is 13.1. The third-order valence-electron chi connectivity index (χ3n) is 4.67. The predicted octanol–water partition coefficient (Wildman–Crippen LogP) is 0.989. The van der Waals surface area contributed by atoms with Crippen LogP contribution in [0.1, 0.15) is 11.1 Å². The third kappa shape index (κ3) is 2.99. The second-order valence-corrected chi connectivity index (χ2v) is 6.18. The number of benzene rings is 1. The summed E-state index contributed by atoms with van der Waals surface area (Å²) in [6.45, 7) is 4.68. The molecule has 1 aliphatic heterocycles. The molecule has 3 heteroatoms. The van der Waals surface area contributed by atoms with Crippen LogP contribution in [0.5, 0.6) is 0 Å². The van der Waals surface area contributed by atoms with Crippen molar-refractivity contribution in [3.05, 3.63) is 35.4 Å². The Morgan fingerprint density at radius 2 is 1.79 bits per heavy atom. The molecule has 0 amide bonds. The Balaban J connectivity index is 1.51. The summed E-state index contributed by atoms with van der Waals surface area (Å²) in [7, 11) is 4.48. The number of nitrogens with one attached hydrogen (secondary N) is 1. The summed E-state index contributed by atoms with van der Waals surface area (Å²) < 4.78 is 0. The van der Waals surface area contributed by atoms with Gasteiger partial charge in [0.15, 0.2) is 0 Å². The van der Waals surface area contributed by atoms with Crippen LogP contribution in [0.3, 0.4) is 0 Å². The first-order valence-corrected chi connectivity index (χ1v) is 7.41. The predicted molar refractivity (Wildman–Crippen MR) is 79.6 cm³/mol.